The SMILES string of the molecule is CC(C)(C)OC(=O)CCCCCCCCCCCCCCCCC(=O)N(CCC(=O)OC(C)(C)C)CC(=O)Nc1cc(C(=O)O)cc(C(=O)OC(C)(C)C)c1. The number of carbonyl (C=O) groups is 6. The molecule has 0 saturated heterocycles. The first-order chi connectivity index (χ1) is 25.5. The highest BCUT2D eigenvalue weighted by Gasteiger charge is 2.23. The van der Waals surface area contributed by atoms with Crippen LogP contribution < -0.4 is 5.32 Å². The Morgan fingerprint density at radius 1 is 0.545 bits per heavy atom. The fourth-order valence-electron chi connectivity index (χ4n) is 5.78. The Morgan fingerprint density at radius 3 is 1.38 bits per heavy atom. The van der Waals surface area contributed by atoms with Crippen molar-refractivity contribution in [1.82, 2.24) is 4.90 Å². The highest BCUT2D eigenvalue weighted by molar-refractivity contribution is 6.00. The first-order valence-corrected chi connectivity index (χ1v) is 20.2. The number of anilines is 1. The summed E-state index contributed by atoms with van der Waals surface area (Å²) in [7, 11) is 0. The summed E-state index contributed by atoms with van der Waals surface area (Å²) >= 11 is 0. The van der Waals surface area contributed by atoms with E-state index in [0.717, 1.165) is 44.9 Å². The van der Waals surface area contributed by atoms with Crippen LogP contribution >= 0.6 is 0 Å². The molecule has 0 aliphatic heterocycles. The van der Waals surface area contributed by atoms with E-state index in [0.29, 0.717) is 12.8 Å². The molecule has 0 radical (unpaired) electrons. The molecule has 2 amide bonds. The predicted octanol–water partition coefficient (Wildman–Crippen LogP) is 9.42. The lowest BCUT2D eigenvalue weighted by Crippen LogP contribution is -2.39. The van der Waals surface area contributed by atoms with E-state index in [1.54, 1.807) is 41.5 Å². The number of unbranched alkanes of at least 4 members (excludes halogenated alkanes) is 13. The standard InChI is InChI=1S/C43H70N2O10/c1-41(2,3)53-37(48)25-23-21-19-17-15-13-11-10-12-14-16-18-20-22-24-36(47)45(27-26-38(49)54-42(4,5)6)31-35(46)44-34-29-32(39(50)51)28-33(30-34)40(52)55-43(7,8)9/h28-30H,10-27,31H2,1-9H3,(H,44,46)(H,50,51). The number of esters is 3. The van der Waals surface area contributed by atoms with Crippen molar-refractivity contribution < 1.29 is 48.1 Å². The Bertz CT molecular complexity index is 1380. The third-order valence-electron chi connectivity index (χ3n) is 8.23. The summed E-state index contributed by atoms with van der Waals surface area (Å²) in [4.78, 5) is 76.4. The monoisotopic (exact) mass is 775 g/mol. The second-order valence-corrected chi connectivity index (χ2v) is 17.3. The van der Waals surface area contributed by atoms with Crippen molar-refractivity contribution in [3.05, 3.63) is 29.3 Å². The normalized spacial score (nSPS) is 11.8. The fourth-order valence-corrected chi connectivity index (χ4v) is 5.78. The second kappa shape index (κ2) is 24.5. The van der Waals surface area contributed by atoms with E-state index in [4.69, 9.17) is 14.2 Å². The van der Waals surface area contributed by atoms with Crippen molar-refractivity contribution in [2.75, 3.05) is 18.4 Å². The lowest BCUT2D eigenvalue weighted by Gasteiger charge is -2.24. The number of benzene rings is 1. The minimum Gasteiger partial charge on any atom is -0.478 e. The molecule has 0 heterocycles. The molecule has 1 aromatic rings. The fraction of sp³-hybridized carbons (Fsp3) is 0.721. The smallest absolute Gasteiger partial charge is 0.338 e. The topological polar surface area (TPSA) is 166 Å². The molecule has 12 heteroatoms. The Hall–Kier alpha value is -3.96. The van der Waals surface area contributed by atoms with Crippen molar-refractivity contribution >= 4 is 41.4 Å². The Balaban J connectivity index is 2.52. The van der Waals surface area contributed by atoms with Gasteiger partial charge >= 0.3 is 23.9 Å². The molecular formula is C43H70N2O10. The number of aromatic carboxylic acids is 1. The minimum absolute atomic E-state index is 0.0202. The molecule has 55 heavy (non-hydrogen) atoms. The van der Waals surface area contributed by atoms with Gasteiger partial charge in [0, 0.05) is 25.1 Å². The number of nitrogens with one attached hydrogen (secondary N) is 1. The van der Waals surface area contributed by atoms with Crippen LogP contribution in [-0.2, 0) is 33.4 Å². The predicted molar refractivity (Wildman–Crippen MR) is 214 cm³/mol. The van der Waals surface area contributed by atoms with Crippen LogP contribution in [0.2, 0.25) is 0 Å². The zero-order chi connectivity index (χ0) is 41.7. The average molecular weight is 775 g/mol. The number of amides is 2. The second-order valence-electron chi connectivity index (χ2n) is 17.3. The average Bonchev–Trinajstić information content (AvgIpc) is 3.03. The molecule has 0 bridgehead atoms. The quantitative estimate of drug-likeness (QED) is 0.0555. The maximum Gasteiger partial charge on any atom is 0.338 e. The number of carboxylic acids is 1. The summed E-state index contributed by atoms with van der Waals surface area (Å²) in [6.07, 6.45) is 15.8. The zero-order valence-electron chi connectivity index (χ0n) is 35.2. The first-order valence-electron chi connectivity index (χ1n) is 20.2. The van der Waals surface area contributed by atoms with Gasteiger partial charge in [-0.1, -0.05) is 77.0 Å². The lowest BCUT2D eigenvalue weighted by atomic mass is 10.0. The molecule has 12 nitrogen and oxygen atoms in total. The molecule has 312 valence electrons. The van der Waals surface area contributed by atoms with Crippen LogP contribution in [0.25, 0.3) is 0 Å². The summed E-state index contributed by atoms with van der Waals surface area (Å²) in [6, 6.07) is 3.72. The van der Waals surface area contributed by atoms with Crippen LogP contribution in [0.4, 0.5) is 5.69 Å². The number of carboxylic acid groups (broad SMARTS) is 1. The Kier molecular flexibility index (Phi) is 21.9. The van der Waals surface area contributed by atoms with Crippen LogP contribution in [0.5, 0.6) is 0 Å². The molecule has 0 aromatic heterocycles. The molecular weight excluding hydrogens is 704 g/mol. The van der Waals surface area contributed by atoms with Gasteiger partial charge in [0.05, 0.1) is 24.1 Å². The molecule has 0 fully saturated rings. The van der Waals surface area contributed by atoms with E-state index >= 15 is 0 Å². The molecule has 0 aliphatic rings. The van der Waals surface area contributed by atoms with Gasteiger partial charge in [-0.2, -0.15) is 0 Å². The van der Waals surface area contributed by atoms with Gasteiger partial charge in [0.1, 0.15) is 16.8 Å². The third kappa shape index (κ3) is 25.7. The van der Waals surface area contributed by atoms with Crippen molar-refractivity contribution in [2.45, 2.75) is 188 Å². The third-order valence-corrected chi connectivity index (χ3v) is 8.23. The van der Waals surface area contributed by atoms with Gasteiger partial charge < -0.3 is 29.5 Å². The Morgan fingerprint density at radius 2 is 0.945 bits per heavy atom. The molecule has 0 atom stereocenters. The number of carbonyl (C=O) groups excluding carboxylic acids is 5. The van der Waals surface area contributed by atoms with E-state index in [1.807, 2.05) is 20.8 Å². The molecule has 1 aromatic carbocycles. The molecule has 2 N–H and O–H groups in total. The number of hydrogen-bond donors (Lipinski definition) is 2. The highest BCUT2D eigenvalue weighted by Crippen LogP contribution is 2.20. The largest absolute Gasteiger partial charge is 0.478 e. The molecule has 0 aliphatic carbocycles. The van der Waals surface area contributed by atoms with Crippen LogP contribution in [0, 0.1) is 0 Å². The van der Waals surface area contributed by atoms with Crippen LogP contribution in [0.3, 0.4) is 0 Å². The van der Waals surface area contributed by atoms with Crippen LogP contribution in [0.1, 0.15) is 192 Å². The number of hydrogen-bond acceptors (Lipinski definition) is 9. The van der Waals surface area contributed by atoms with Crippen molar-refractivity contribution in [2.24, 2.45) is 0 Å². The minimum atomic E-state index is -1.29. The number of nitrogens with zero attached hydrogens (tertiary/aromatic N) is 1. The molecule has 0 saturated carbocycles. The highest BCUT2D eigenvalue weighted by atomic mass is 16.6. The van der Waals surface area contributed by atoms with Gasteiger partial charge in [0.2, 0.25) is 11.8 Å². The maximum atomic E-state index is 13.3. The van der Waals surface area contributed by atoms with E-state index in [9.17, 15) is 33.9 Å². The van der Waals surface area contributed by atoms with E-state index in [2.05, 4.69) is 5.32 Å². The van der Waals surface area contributed by atoms with Crippen LogP contribution in [0.15, 0.2) is 18.2 Å². The van der Waals surface area contributed by atoms with Gasteiger partial charge in [0.25, 0.3) is 0 Å². The summed E-state index contributed by atoms with van der Waals surface area (Å²) in [6.45, 7) is 15.6. The van der Waals surface area contributed by atoms with Gasteiger partial charge in [-0.05, 0) is 93.4 Å². The zero-order valence-corrected chi connectivity index (χ0v) is 35.2. The number of rotatable bonds is 25. The van der Waals surface area contributed by atoms with E-state index in [1.165, 1.54) is 61.6 Å². The van der Waals surface area contributed by atoms with Gasteiger partial charge in [-0.25, -0.2) is 9.59 Å². The molecule has 0 unspecified atom stereocenters. The van der Waals surface area contributed by atoms with Gasteiger partial charge in [-0.15, -0.1) is 0 Å². The summed E-state index contributed by atoms with van der Waals surface area (Å²) in [5.41, 5.74) is -2.12. The van der Waals surface area contributed by atoms with E-state index in [-0.39, 0.29) is 54.6 Å². The van der Waals surface area contributed by atoms with Crippen LogP contribution in [-0.4, -0.2) is 75.6 Å². The Labute approximate surface area is 329 Å². The summed E-state index contributed by atoms with van der Waals surface area (Å²) in [5.74, 6) is -3.51. The van der Waals surface area contributed by atoms with Crippen molar-refractivity contribution in [3.63, 3.8) is 0 Å². The van der Waals surface area contributed by atoms with Crippen molar-refractivity contribution in [1.29, 1.82) is 0 Å². The summed E-state index contributed by atoms with van der Waals surface area (Å²) < 4.78 is 16.1. The molecule has 1 rings (SSSR count). The summed E-state index contributed by atoms with van der Waals surface area (Å²) in [5, 5.41) is 12.2. The lowest BCUT2D eigenvalue weighted by molar-refractivity contribution is -0.156. The van der Waals surface area contributed by atoms with Gasteiger partial charge in [0.15, 0.2) is 0 Å². The van der Waals surface area contributed by atoms with Gasteiger partial charge in [-0.3, -0.25) is 19.2 Å². The van der Waals surface area contributed by atoms with Crippen molar-refractivity contribution in [3.8, 4) is 0 Å². The first kappa shape index (κ1) is 49.1. The maximum absolute atomic E-state index is 13.3. The molecule has 0 spiro atoms. The number of ether oxygens (including phenoxy) is 3. The van der Waals surface area contributed by atoms with E-state index < -0.39 is 40.6 Å².